The first kappa shape index (κ1) is 19.2. The molecule has 26 heavy (non-hydrogen) atoms. The Morgan fingerprint density at radius 1 is 1.15 bits per heavy atom. The quantitative estimate of drug-likeness (QED) is 0.725. The summed E-state index contributed by atoms with van der Waals surface area (Å²) in [6, 6.07) is 3.89. The number of pyridine rings is 1. The van der Waals surface area contributed by atoms with E-state index in [1.54, 1.807) is 30.1 Å². The number of thioether (sulfide) groups is 1. The summed E-state index contributed by atoms with van der Waals surface area (Å²) in [5, 5.41) is 1.24. The van der Waals surface area contributed by atoms with Crippen LogP contribution in [0, 0.1) is 0 Å². The number of carbonyl (C=O) groups excluding carboxylic acids is 2. The number of likely N-dealkylation sites (tertiary alicyclic amines) is 1. The van der Waals surface area contributed by atoms with Crippen LogP contribution >= 0.6 is 11.8 Å². The van der Waals surface area contributed by atoms with Crippen LogP contribution in [0.4, 0.5) is 0 Å². The number of aromatic nitrogens is 1. The molecule has 0 aromatic carbocycles. The predicted molar refractivity (Wildman–Crippen MR) is 102 cm³/mol. The van der Waals surface area contributed by atoms with Gasteiger partial charge in [0.1, 0.15) is 5.03 Å². The second-order valence-electron chi connectivity index (χ2n) is 7.39. The number of carbonyl (C=O) groups is 2. The molecule has 0 bridgehead atoms. The zero-order valence-corrected chi connectivity index (χ0v) is 16.5. The fourth-order valence-corrected chi connectivity index (χ4v) is 5.28. The topological polar surface area (TPSA) is 59.5 Å². The van der Waals surface area contributed by atoms with Gasteiger partial charge in [-0.1, -0.05) is 12.8 Å². The van der Waals surface area contributed by atoms with Crippen LogP contribution in [0.25, 0.3) is 0 Å². The maximum absolute atomic E-state index is 12.5. The van der Waals surface area contributed by atoms with Crippen LogP contribution in [0.3, 0.4) is 0 Å². The molecule has 5 nitrogen and oxygen atoms in total. The molecule has 2 heterocycles. The smallest absolute Gasteiger partial charge is 0.341 e. The molecule has 0 radical (unpaired) electrons. The number of ether oxygens (including phenoxy) is 1. The second-order valence-corrected chi connectivity index (χ2v) is 8.68. The van der Waals surface area contributed by atoms with Crippen LogP contribution < -0.4 is 0 Å². The highest BCUT2D eigenvalue weighted by Gasteiger charge is 2.30. The van der Waals surface area contributed by atoms with Gasteiger partial charge in [0, 0.05) is 23.5 Å². The summed E-state index contributed by atoms with van der Waals surface area (Å²) in [6.45, 7) is 3.93. The summed E-state index contributed by atoms with van der Waals surface area (Å²) in [4.78, 5) is 31.3. The molecule has 2 unspecified atom stereocenters. The van der Waals surface area contributed by atoms with Crippen molar-refractivity contribution in [3.05, 3.63) is 23.9 Å². The molecular formula is C20H28N2O3S. The van der Waals surface area contributed by atoms with Crippen molar-refractivity contribution in [2.75, 3.05) is 6.61 Å². The Morgan fingerprint density at radius 3 is 2.54 bits per heavy atom. The lowest BCUT2D eigenvalue weighted by Gasteiger charge is -2.38. The summed E-state index contributed by atoms with van der Waals surface area (Å²) in [6.07, 6.45) is 9.68. The Labute approximate surface area is 159 Å². The molecule has 0 spiro atoms. The predicted octanol–water partition coefficient (Wildman–Crippen LogP) is 4.06. The molecule has 1 aromatic rings. The Bertz CT molecular complexity index is 636. The molecule has 1 saturated carbocycles. The molecule has 3 rings (SSSR count). The molecule has 2 aliphatic rings. The standard InChI is InChI=1S/C20H28N2O3S/c1-14-7-5-8-15(2)22(14)18(23)13-25-20(24)17-11-6-12-21-19(17)26-16-9-3-4-10-16/h6,11-12,14-16H,3-5,7-10,13H2,1-2H3. The molecule has 0 N–H and O–H groups in total. The number of hydrogen-bond acceptors (Lipinski definition) is 5. The first-order valence-corrected chi connectivity index (χ1v) is 10.5. The molecule has 1 aliphatic carbocycles. The summed E-state index contributed by atoms with van der Waals surface area (Å²) < 4.78 is 5.36. The average molecular weight is 377 g/mol. The maximum Gasteiger partial charge on any atom is 0.341 e. The van der Waals surface area contributed by atoms with E-state index in [1.807, 2.05) is 4.90 Å². The highest BCUT2D eigenvalue weighted by Crippen LogP contribution is 2.35. The summed E-state index contributed by atoms with van der Waals surface area (Å²) >= 11 is 1.66. The van der Waals surface area contributed by atoms with Gasteiger partial charge < -0.3 is 9.64 Å². The summed E-state index contributed by atoms with van der Waals surface area (Å²) in [5.41, 5.74) is 0.469. The maximum atomic E-state index is 12.5. The van der Waals surface area contributed by atoms with E-state index >= 15 is 0 Å². The molecule has 1 aliphatic heterocycles. The zero-order chi connectivity index (χ0) is 18.5. The van der Waals surface area contributed by atoms with Gasteiger partial charge in [-0.15, -0.1) is 11.8 Å². The Kier molecular flexibility index (Phi) is 6.57. The van der Waals surface area contributed by atoms with Crippen molar-refractivity contribution in [2.45, 2.75) is 81.2 Å². The van der Waals surface area contributed by atoms with Gasteiger partial charge in [0.25, 0.3) is 5.91 Å². The number of nitrogens with zero attached hydrogens (tertiary/aromatic N) is 2. The van der Waals surface area contributed by atoms with E-state index in [4.69, 9.17) is 4.74 Å². The third-order valence-electron chi connectivity index (χ3n) is 5.38. The van der Waals surface area contributed by atoms with E-state index in [9.17, 15) is 9.59 Å². The Balaban J connectivity index is 1.60. The lowest BCUT2D eigenvalue weighted by Crippen LogP contribution is -2.49. The third-order valence-corrected chi connectivity index (χ3v) is 6.73. The fourth-order valence-electron chi connectivity index (χ4n) is 4.00. The highest BCUT2D eigenvalue weighted by molar-refractivity contribution is 7.99. The van der Waals surface area contributed by atoms with Crippen LogP contribution in [-0.4, -0.2) is 45.7 Å². The minimum absolute atomic E-state index is 0.105. The minimum Gasteiger partial charge on any atom is -0.452 e. The van der Waals surface area contributed by atoms with Crippen LogP contribution in [-0.2, 0) is 9.53 Å². The third kappa shape index (κ3) is 4.58. The number of piperidine rings is 1. The molecule has 2 fully saturated rings. The monoisotopic (exact) mass is 376 g/mol. The van der Waals surface area contributed by atoms with Gasteiger partial charge in [0.05, 0.1) is 5.56 Å². The van der Waals surface area contributed by atoms with Gasteiger partial charge in [-0.3, -0.25) is 4.79 Å². The van der Waals surface area contributed by atoms with Crippen molar-refractivity contribution in [2.24, 2.45) is 0 Å². The minimum atomic E-state index is -0.454. The van der Waals surface area contributed by atoms with Crippen molar-refractivity contribution in [3.63, 3.8) is 0 Å². The van der Waals surface area contributed by atoms with E-state index in [2.05, 4.69) is 18.8 Å². The van der Waals surface area contributed by atoms with E-state index in [-0.39, 0.29) is 24.6 Å². The van der Waals surface area contributed by atoms with E-state index in [1.165, 1.54) is 25.7 Å². The Hall–Kier alpha value is -1.56. The van der Waals surface area contributed by atoms with Crippen LogP contribution in [0.5, 0.6) is 0 Å². The van der Waals surface area contributed by atoms with Crippen molar-refractivity contribution in [1.29, 1.82) is 0 Å². The van der Waals surface area contributed by atoms with E-state index in [0.717, 1.165) is 24.3 Å². The summed E-state index contributed by atoms with van der Waals surface area (Å²) in [5.74, 6) is -0.559. The van der Waals surface area contributed by atoms with Crippen molar-refractivity contribution in [3.8, 4) is 0 Å². The highest BCUT2D eigenvalue weighted by atomic mass is 32.2. The van der Waals surface area contributed by atoms with Crippen LogP contribution in [0.1, 0.15) is 69.2 Å². The van der Waals surface area contributed by atoms with E-state index < -0.39 is 5.97 Å². The zero-order valence-electron chi connectivity index (χ0n) is 15.6. The van der Waals surface area contributed by atoms with Gasteiger partial charge in [0.15, 0.2) is 6.61 Å². The molecular weight excluding hydrogens is 348 g/mol. The number of rotatable bonds is 5. The SMILES string of the molecule is CC1CCCC(C)N1C(=O)COC(=O)c1cccnc1SC1CCCC1. The lowest BCUT2D eigenvalue weighted by atomic mass is 9.97. The first-order chi connectivity index (χ1) is 12.6. The molecule has 2 atom stereocenters. The molecule has 142 valence electrons. The van der Waals surface area contributed by atoms with Crippen molar-refractivity contribution >= 4 is 23.6 Å². The van der Waals surface area contributed by atoms with E-state index in [0.29, 0.717) is 10.8 Å². The normalized spacial score (nSPS) is 23.8. The fraction of sp³-hybridized carbons (Fsp3) is 0.650. The Morgan fingerprint density at radius 2 is 1.85 bits per heavy atom. The average Bonchev–Trinajstić information content (AvgIpc) is 3.13. The number of amides is 1. The van der Waals surface area contributed by atoms with Crippen LogP contribution in [0.2, 0.25) is 0 Å². The van der Waals surface area contributed by atoms with Gasteiger partial charge in [-0.2, -0.15) is 0 Å². The number of hydrogen-bond donors (Lipinski definition) is 0. The van der Waals surface area contributed by atoms with Crippen LogP contribution in [0.15, 0.2) is 23.4 Å². The second kappa shape index (κ2) is 8.89. The molecule has 1 amide bonds. The first-order valence-electron chi connectivity index (χ1n) is 9.66. The van der Waals surface area contributed by atoms with Gasteiger partial charge in [0.2, 0.25) is 0 Å². The van der Waals surface area contributed by atoms with Crippen molar-refractivity contribution < 1.29 is 14.3 Å². The molecule has 1 aromatic heterocycles. The largest absolute Gasteiger partial charge is 0.452 e. The summed E-state index contributed by atoms with van der Waals surface area (Å²) in [7, 11) is 0. The van der Waals surface area contributed by atoms with Gasteiger partial charge >= 0.3 is 5.97 Å². The molecule has 1 saturated heterocycles. The van der Waals surface area contributed by atoms with Gasteiger partial charge in [-0.25, -0.2) is 9.78 Å². The van der Waals surface area contributed by atoms with Crippen molar-refractivity contribution in [1.82, 2.24) is 9.88 Å². The van der Waals surface area contributed by atoms with Gasteiger partial charge in [-0.05, 0) is 58.1 Å². The number of esters is 1. The lowest BCUT2D eigenvalue weighted by molar-refractivity contribution is -0.140. The molecule has 6 heteroatoms.